The zero-order valence-electron chi connectivity index (χ0n) is 11.3. The minimum absolute atomic E-state index is 0.0606. The molecule has 0 saturated carbocycles. The van der Waals surface area contributed by atoms with Crippen LogP contribution in [0, 0.1) is 0 Å². The molecular weight excluding hydrogens is 338 g/mol. The van der Waals surface area contributed by atoms with E-state index in [1.807, 2.05) is 36.4 Å². The van der Waals surface area contributed by atoms with Gasteiger partial charge in [0.25, 0.3) is 0 Å². The Hall–Kier alpha value is -1.19. The molecule has 1 aliphatic rings. The lowest BCUT2D eigenvalue weighted by Gasteiger charge is -2.28. The van der Waals surface area contributed by atoms with Crippen LogP contribution in [0.2, 0.25) is 5.02 Å². The summed E-state index contributed by atoms with van der Waals surface area (Å²) in [6.45, 7) is 4.16. The molecule has 104 valence electrons. The van der Waals surface area contributed by atoms with Crippen LogP contribution in [-0.2, 0) is 0 Å². The Bertz CT molecular complexity index is 657. The smallest absolute Gasteiger partial charge is 0.128 e. The summed E-state index contributed by atoms with van der Waals surface area (Å²) in [5.41, 5.74) is 1.74. The molecule has 0 aromatic heterocycles. The first-order valence-corrected chi connectivity index (χ1v) is 7.64. The second-order valence-corrected chi connectivity index (χ2v) is 6.77. The minimum Gasteiger partial charge on any atom is -0.485 e. The van der Waals surface area contributed by atoms with Gasteiger partial charge in [-0.25, -0.2) is 0 Å². The van der Waals surface area contributed by atoms with E-state index in [0.29, 0.717) is 5.02 Å². The molecule has 1 unspecified atom stereocenters. The van der Waals surface area contributed by atoms with Gasteiger partial charge in [0.2, 0.25) is 0 Å². The molecule has 1 atom stereocenters. The van der Waals surface area contributed by atoms with Crippen molar-refractivity contribution in [1.29, 1.82) is 0 Å². The van der Waals surface area contributed by atoms with Crippen molar-refractivity contribution in [1.82, 2.24) is 0 Å². The maximum atomic E-state index is 6.27. The fourth-order valence-corrected chi connectivity index (χ4v) is 3.08. The van der Waals surface area contributed by atoms with Crippen LogP contribution in [0.5, 0.6) is 5.75 Å². The third-order valence-electron chi connectivity index (χ3n) is 3.53. The van der Waals surface area contributed by atoms with Crippen LogP contribution in [0.25, 0.3) is 0 Å². The van der Waals surface area contributed by atoms with Gasteiger partial charge in [0.1, 0.15) is 11.4 Å². The van der Waals surface area contributed by atoms with Crippen molar-refractivity contribution in [3.05, 3.63) is 57.5 Å². The summed E-state index contributed by atoms with van der Waals surface area (Å²) < 4.78 is 7.03. The van der Waals surface area contributed by atoms with Crippen LogP contribution >= 0.6 is 27.5 Å². The van der Waals surface area contributed by atoms with E-state index in [1.165, 1.54) is 0 Å². The molecule has 0 fully saturated rings. The molecule has 0 saturated heterocycles. The number of ether oxygens (including phenoxy) is 1. The predicted octanol–water partition coefficient (Wildman–Crippen LogP) is 5.43. The van der Waals surface area contributed by atoms with Gasteiger partial charge in [0, 0.05) is 10.0 Å². The van der Waals surface area contributed by atoms with Gasteiger partial charge in [-0.2, -0.15) is 0 Å². The van der Waals surface area contributed by atoms with Crippen LogP contribution in [0.15, 0.2) is 46.9 Å². The Kier molecular flexibility index (Phi) is 3.43. The molecule has 0 aliphatic carbocycles. The monoisotopic (exact) mass is 351 g/mol. The molecule has 20 heavy (non-hydrogen) atoms. The van der Waals surface area contributed by atoms with E-state index in [0.717, 1.165) is 21.5 Å². The molecule has 2 aromatic carbocycles. The van der Waals surface area contributed by atoms with Gasteiger partial charge in [-0.1, -0.05) is 45.7 Å². The predicted molar refractivity (Wildman–Crippen MR) is 86.7 cm³/mol. The fraction of sp³-hybridized carbons (Fsp3) is 0.250. The number of hydrogen-bond acceptors (Lipinski definition) is 2. The summed E-state index contributed by atoms with van der Waals surface area (Å²) in [4.78, 5) is 0. The number of nitrogens with one attached hydrogen (secondary N) is 1. The summed E-state index contributed by atoms with van der Waals surface area (Å²) in [7, 11) is 0. The fourth-order valence-electron chi connectivity index (χ4n) is 2.54. The summed E-state index contributed by atoms with van der Waals surface area (Å²) in [5.74, 6) is 0.932. The highest BCUT2D eigenvalue weighted by molar-refractivity contribution is 9.10. The van der Waals surface area contributed by atoms with Crippen molar-refractivity contribution in [2.24, 2.45) is 0 Å². The standard InChI is InChI=1S/C16H15BrClNO/c1-16(2)15(11-5-3-4-6-14(11)20-16)19-13-9-10(17)7-8-12(13)18/h3-9,15,19H,1-2H3. The first kappa shape index (κ1) is 13.8. The van der Waals surface area contributed by atoms with Crippen molar-refractivity contribution in [2.75, 3.05) is 5.32 Å². The molecule has 1 N–H and O–H groups in total. The number of benzene rings is 2. The van der Waals surface area contributed by atoms with Crippen molar-refractivity contribution >= 4 is 33.2 Å². The number of rotatable bonds is 2. The zero-order valence-corrected chi connectivity index (χ0v) is 13.6. The van der Waals surface area contributed by atoms with E-state index < -0.39 is 0 Å². The van der Waals surface area contributed by atoms with E-state index in [1.54, 1.807) is 0 Å². The number of fused-ring (bicyclic) bond motifs is 1. The third kappa shape index (κ3) is 2.40. The molecule has 2 nitrogen and oxygen atoms in total. The van der Waals surface area contributed by atoms with E-state index in [9.17, 15) is 0 Å². The zero-order chi connectivity index (χ0) is 14.3. The van der Waals surface area contributed by atoms with Crippen molar-refractivity contribution in [2.45, 2.75) is 25.5 Å². The Balaban J connectivity index is 1.99. The lowest BCUT2D eigenvalue weighted by Crippen LogP contribution is -2.34. The lowest BCUT2D eigenvalue weighted by atomic mass is 9.94. The Morgan fingerprint density at radius 1 is 1.20 bits per heavy atom. The molecule has 0 radical (unpaired) electrons. The molecule has 4 heteroatoms. The molecule has 0 bridgehead atoms. The van der Waals surface area contributed by atoms with Gasteiger partial charge in [0.05, 0.1) is 16.8 Å². The van der Waals surface area contributed by atoms with Crippen molar-refractivity contribution in [3.63, 3.8) is 0 Å². The molecule has 1 aliphatic heterocycles. The summed E-state index contributed by atoms with van der Waals surface area (Å²) in [5, 5.41) is 4.21. The largest absolute Gasteiger partial charge is 0.485 e. The highest BCUT2D eigenvalue weighted by Gasteiger charge is 2.41. The van der Waals surface area contributed by atoms with E-state index in [-0.39, 0.29) is 11.6 Å². The van der Waals surface area contributed by atoms with E-state index >= 15 is 0 Å². The number of anilines is 1. The SMILES string of the molecule is CC1(C)Oc2ccccc2C1Nc1cc(Br)ccc1Cl. The summed E-state index contributed by atoms with van der Waals surface area (Å²) >= 11 is 9.75. The van der Waals surface area contributed by atoms with Crippen LogP contribution in [-0.4, -0.2) is 5.60 Å². The molecule has 1 heterocycles. The maximum Gasteiger partial charge on any atom is 0.128 e. The highest BCUT2D eigenvalue weighted by atomic mass is 79.9. The van der Waals surface area contributed by atoms with Crippen molar-refractivity contribution < 1.29 is 4.74 Å². The van der Waals surface area contributed by atoms with Gasteiger partial charge < -0.3 is 10.1 Å². The van der Waals surface area contributed by atoms with E-state index in [4.69, 9.17) is 16.3 Å². The second-order valence-electron chi connectivity index (χ2n) is 5.44. The highest BCUT2D eigenvalue weighted by Crippen LogP contribution is 2.45. The second kappa shape index (κ2) is 4.97. The van der Waals surface area contributed by atoms with Crippen LogP contribution in [0.4, 0.5) is 5.69 Å². The maximum absolute atomic E-state index is 6.27. The average molecular weight is 353 g/mol. The average Bonchev–Trinajstić information content (AvgIpc) is 2.65. The van der Waals surface area contributed by atoms with Gasteiger partial charge in [-0.3, -0.25) is 0 Å². The molecule has 3 rings (SSSR count). The quantitative estimate of drug-likeness (QED) is 0.778. The molecule has 0 spiro atoms. The Morgan fingerprint density at radius 3 is 2.75 bits per heavy atom. The third-order valence-corrected chi connectivity index (χ3v) is 4.35. The van der Waals surface area contributed by atoms with Crippen molar-refractivity contribution in [3.8, 4) is 5.75 Å². The van der Waals surface area contributed by atoms with Gasteiger partial charge >= 0.3 is 0 Å². The minimum atomic E-state index is -0.324. The summed E-state index contributed by atoms with van der Waals surface area (Å²) in [6, 6.07) is 14.0. The lowest BCUT2D eigenvalue weighted by molar-refractivity contribution is 0.118. The Morgan fingerprint density at radius 2 is 1.95 bits per heavy atom. The van der Waals surface area contributed by atoms with E-state index in [2.05, 4.69) is 41.2 Å². The Labute approximate surface area is 132 Å². The first-order chi connectivity index (χ1) is 9.47. The van der Waals surface area contributed by atoms with Gasteiger partial charge in [-0.15, -0.1) is 0 Å². The van der Waals surface area contributed by atoms with Crippen LogP contribution in [0.3, 0.4) is 0 Å². The number of para-hydroxylation sites is 1. The molecule has 2 aromatic rings. The number of halogens is 2. The van der Waals surface area contributed by atoms with Crippen LogP contribution < -0.4 is 10.1 Å². The topological polar surface area (TPSA) is 21.3 Å². The van der Waals surface area contributed by atoms with Crippen LogP contribution in [0.1, 0.15) is 25.5 Å². The van der Waals surface area contributed by atoms with Gasteiger partial charge in [0.15, 0.2) is 0 Å². The summed E-state index contributed by atoms with van der Waals surface area (Å²) in [6.07, 6.45) is 0. The normalized spacial score (nSPS) is 19.3. The molecular formula is C16H15BrClNO. The molecule has 0 amide bonds. The van der Waals surface area contributed by atoms with Gasteiger partial charge in [-0.05, 0) is 38.1 Å². The number of hydrogen-bond donors (Lipinski definition) is 1. The first-order valence-electron chi connectivity index (χ1n) is 6.47.